The Hall–Kier alpha value is -4.84. The van der Waals surface area contributed by atoms with Gasteiger partial charge in [-0.15, -0.1) is 10.2 Å². The molecule has 0 saturated carbocycles. The first-order valence-electron chi connectivity index (χ1n) is 12.2. The fraction of sp³-hybridized carbons (Fsp3) is 0.231. The van der Waals surface area contributed by atoms with Gasteiger partial charge in [0, 0.05) is 49.0 Å². The average molecular weight is 511 g/mol. The molecule has 2 aromatic carbocycles. The zero-order chi connectivity index (χ0) is 26.1. The number of piperazine rings is 1. The Bertz CT molecular complexity index is 1630. The highest BCUT2D eigenvalue weighted by Gasteiger charge is 2.19. The van der Waals surface area contributed by atoms with Gasteiger partial charge in [0.1, 0.15) is 30.5 Å². The lowest BCUT2D eigenvalue weighted by Gasteiger charge is -2.32. The summed E-state index contributed by atoms with van der Waals surface area (Å²) in [4.78, 5) is 29.9. The van der Waals surface area contributed by atoms with E-state index in [1.54, 1.807) is 23.1 Å². The molecule has 12 nitrogen and oxygen atoms in total. The number of hydrogen-bond acceptors (Lipinski definition) is 9. The molecule has 12 heteroatoms. The average Bonchev–Trinajstić information content (AvgIpc) is 3.39. The quantitative estimate of drug-likeness (QED) is 0.364. The molecular formula is C26H26N10O2. The second-order valence-electron chi connectivity index (χ2n) is 9.21. The van der Waals surface area contributed by atoms with E-state index in [9.17, 15) is 4.79 Å². The summed E-state index contributed by atoms with van der Waals surface area (Å²) < 4.78 is 7.69. The molecule has 1 fully saturated rings. The lowest BCUT2D eigenvalue weighted by Crippen LogP contribution is -2.48. The van der Waals surface area contributed by atoms with Crippen LogP contribution in [0.5, 0.6) is 11.6 Å². The van der Waals surface area contributed by atoms with Gasteiger partial charge in [-0.25, -0.2) is 19.7 Å². The summed E-state index contributed by atoms with van der Waals surface area (Å²) in [7, 11) is 2.06. The number of carbonyl (C=O) groups is 1. The van der Waals surface area contributed by atoms with Crippen molar-refractivity contribution in [3.05, 3.63) is 67.0 Å². The maximum Gasteiger partial charge on any atom is 0.321 e. The summed E-state index contributed by atoms with van der Waals surface area (Å²) in [5, 5.41) is 15.1. The molecule has 0 atom stereocenters. The van der Waals surface area contributed by atoms with Crippen molar-refractivity contribution in [1.29, 1.82) is 0 Å². The highest BCUT2D eigenvalue weighted by Crippen LogP contribution is 2.30. The number of ether oxygens (including phenoxy) is 1. The van der Waals surface area contributed by atoms with Crippen molar-refractivity contribution < 1.29 is 9.53 Å². The van der Waals surface area contributed by atoms with E-state index in [0.29, 0.717) is 41.9 Å². The minimum absolute atomic E-state index is 0.104. The summed E-state index contributed by atoms with van der Waals surface area (Å²) >= 11 is 0. The summed E-state index contributed by atoms with van der Waals surface area (Å²) in [6, 6.07) is 13.0. The van der Waals surface area contributed by atoms with E-state index in [1.165, 1.54) is 6.33 Å². The van der Waals surface area contributed by atoms with Crippen LogP contribution in [0.2, 0.25) is 0 Å². The predicted molar refractivity (Wildman–Crippen MR) is 143 cm³/mol. The van der Waals surface area contributed by atoms with Gasteiger partial charge in [0.05, 0.1) is 5.52 Å². The lowest BCUT2D eigenvalue weighted by atomic mass is 10.1. The number of nitrogens with one attached hydrogen (secondary N) is 2. The number of nitrogens with zero attached hydrogens (tertiary/aromatic N) is 8. The van der Waals surface area contributed by atoms with Crippen LogP contribution in [-0.2, 0) is 0 Å². The standard InChI is InChI=1S/C26H26N10O2/c1-17-11-18(4-6-22(17)38-24-13-23-33-30-16-36(23)15-29-24)31-25-20-12-19(3-5-21(20)27-14-28-25)32-26(37)35-9-7-34(2)8-10-35/h3-6,11-16H,7-10H2,1-2H3,(H,32,37)(H,27,28,31). The minimum atomic E-state index is -0.104. The van der Waals surface area contributed by atoms with E-state index >= 15 is 0 Å². The first-order chi connectivity index (χ1) is 18.5. The van der Waals surface area contributed by atoms with Crippen LogP contribution in [-0.4, -0.2) is 78.6 Å². The zero-order valence-corrected chi connectivity index (χ0v) is 21.0. The summed E-state index contributed by atoms with van der Waals surface area (Å²) in [5.74, 6) is 1.74. The van der Waals surface area contributed by atoms with E-state index in [1.807, 2.05) is 48.2 Å². The molecule has 1 saturated heterocycles. The first kappa shape index (κ1) is 23.6. The third-order valence-electron chi connectivity index (χ3n) is 6.49. The van der Waals surface area contributed by atoms with Crippen molar-refractivity contribution in [2.24, 2.45) is 0 Å². The molecule has 2 N–H and O–H groups in total. The van der Waals surface area contributed by atoms with Gasteiger partial charge in [0.2, 0.25) is 5.88 Å². The first-order valence-corrected chi connectivity index (χ1v) is 12.2. The number of benzene rings is 2. The maximum absolute atomic E-state index is 12.8. The number of fused-ring (bicyclic) bond motifs is 2. The molecule has 38 heavy (non-hydrogen) atoms. The number of anilines is 3. The van der Waals surface area contributed by atoms with Crippen LogP contribution in [0.1, 0.15) is 5.56 Å². The molecule has 0 spiro atoms. The van der Waals surface area contributed by atoms with E-state index < -0.39 is 0 Å². The number of carbonyl (C=O) groups excluding carboxylic acids is 1. The van der Waals surface area contributed by atoms with Gasteiger partial charge in [-0.2, -0.15) is 0 Å². The molecule has 4 heterocycles. The van der Waals surface area contributed by atoms with Gasteiger partial charge in [-0.3, -0.25) is 4.40 Å². The molecule has 192 valence electrons. The largest absolute Gasteiger partial charge is 0.439 e. The summed E-state index contributed by atoms with van der Waals surface area (Å²) in [6.07, 6.45) is 4.71. The van der Waals surface area contributed by atoms with Gasteiger partial charge in [-0.05, 0) is 55.9 Å². The van der Waals surface area contributed by atoms with Crippen molar-refractivity contribution in [3.63, 3.8) is 0 Å². The smallest absolute Gasteiger partial charge is 0.321 e. The van der Waals surface area contributed by atoms with Crippen LogP contribution in [0.15, 0.2) is 61.4 Å². The third kappa shape index (κ3) is 4.89. The number of aromatic nitrogens is 6. The molecule has 5 aromatic rings. The van der Waals surface area contributed by atoms with Crippen molar-refractivity contribution in [2.75, 3.05) is 43.9 Å². The van der Waals surface area contributed by atoms with Crippen LogP contribution in [0.25, 0.3) is 16.6 Å². The molecule has 0 aliphatic carbocycles. The van der Waals surface area contributed by atoms with Crippen LogP contribution in [0.3, 0.4) is 0 Å². The molecule has 0 unspecified atom stereocenters. The molecule has 2 amide bonds. The fourth-order valence-electron chi connectivity index (χ4n) is 4.30. The monoisotopic (exact) mass is 510 g/mol. The van der Waals surface area contributed by atoms with Gasteiger partial charge in [0.25, 0.3) is 0 Å². The Morgan fingerprint density at radius 3 is 2.63 bits per heavy atom. The summed E-state index contributed by atoms with van der Waals surface area (Å²) in [5.41, 5.74) is 3.86. The number of likely N-dealkylation sites (N-methyl/N-ethyl adjacent to an activating group) is 1. The molecule has 1 aliphatic heterocycles. The van der Waals surface area contributed by atoms with Crippen LogP contribution in [0.4, 0.5) is 22.0 Å². The Morgan fingerprint density at radius 2 is 1.79 bits per heavy atom. The lowest BCUT2D eigenvalue weighted by molar-refractivity contribution is 0.164. The third-order valence-corrected chi connectivity index (χ3v) is 6.49. The SMILES string of the molecule is Cc1cc(Nc2ncnc3ccc(NC(=O)N4CCN(C)CC4)cc23)ccc1Oc1cc2nncn2cn1. The number of amides is 2. The number of urea groups is 1. The van der Waals surface area contributed by atoms with Crippen LogP contribution < -0.4 is 15.4 Å². The van der Waals surface area contributed by atoms with Crippen molar-refractivity contribution in [1.82, 2.24) is 39.3 Å². The Labute approximate surface area is 218 Å². The summed E-state index contributed by atoms with van der Waals surface area (Å²) in [6.45, 7) is 5.10. The van der Waals surface area contributed by atoms with Crippen molar-refractivity contribution in [3.8, 4) is 11.6 Å². The molecule has 6 rings (SSSR count). The molecule has 0 radical (unpaired) electrons. The van der Waals surface area contributed by atoms with Crippen LogP contribution in [0, 0.1) is 6.92 Å². The van der Waals surface area contributed by atoms with Crippen molar-refractivity contribution >= 4 is 39.8 Å². The molecule has 0 bridgehead atoms. The van der Waals surface area contributed by atoms with E-state index in [-0.39, 0.29) is 6.03 Å². The zero-order valence-electron chi connectivity index (χ0n) is 21.0. The predicted octanol–water partition coefficient (Wildman–Crippen LogP) is 3.69. The van der Waals surface area contributed by atoms with E-state index in [2.05, 4.69) is 47.7 Å². The second kappa shape index (κ2) is 9.90. The number of rotatable bonds is 5. The van der Waals surface area contributed by atoms with Crippen LogP contribution >= 0.6 is 0 Å². The Morgan fingerprint density at radius 1 is 0.947 bits per heavy atom. The van der Waals surface area contributed by atoms with E-state index in [0.717, 1.165) is 35.2 Å². The van der Waals surface area contributed by atoms with Gasteiger partial charge < -0.3 is 25.2 Å². The Balaban J connectivity index is 1.19. The maximum atomic E-state index is 12.8. The van der Waals surface area contributed by atoms with Gasteiger partial charge >= 0.3 is 6.03 Å². The topological polar surface area (TPSA) is 126 Å². The molecular weight excluding hydrogens is 484 g/mol. The fourth-order valence-corrected chi connectivity index (χ4v) is 4.30. The number of hydrogen-bond donors (Lipinski definition) is 2. The number of aryl methyl sites for hydroxylation is 1. The highest BCUT2D eigenvalue weighted by atomic mass is 16.5. The minimum Gasteiger partial charge on any atom is -0.439 e. The van der Waals surface area contributed by atoms with E-state index in [4.69, 9.17) is 4.74 Å². The van der Waals surface area contributed by atoms with Gasteiger partial charge in [-0.1, -0.05) is 0 Å². The van der Waals surface area contributed by atoms with Gasteiger partial charge in [0.15, 0.2) is 5.65 Å². The highest BCUT2D eigenvalue weighted by molar-refractivity contribution is 5.96. The second-order valence-corrected chi connectivity index (χ2v) is 9.21. The normalized spacial score (nSPS) is 14.1. The van der Waals surface area contributed by atoms with Crippen molar-refractivity contribution in [2.45, 2.75) is 6.92 Å². The molecule has 1 aliphatic rings. The Kier molecular flexibility index (Phi) is 6.14. The molecule has 3 aromatic heterocycles.